The third kappa shape index (κ3) is 3.17. The Morgan fingerprint density at radius 1 is 0.720 bits per heavy atom. The quantitative estimate of drug-likeness (QED) is 0.461. The fourth-order valence-electron chi connectivity index (χ4n) is 2.79. The van der Waals surface area contributed by atoms with E-state index in [1.54, 1.807) is 12.1 Å². The molecule has 2 nitrogen and oxygen atoms in total. The van der Waals surface area contributed by atoms with Crippen LogP contribution in [0.5, 0.6) is 5.75 Å². The smallest absolute Gasteiger partial charge is 0.406 e. The van der Waals surface area contributed by atoms with Crippen molar-refractivity contribution < 1.29 is 17.9 Å². The molecule has 0 fully saturated rings. The molecule has 126 valence electrons. The molecular formula is C19H13F3NOS+. The summed E-state index contributed by atoms with van der Waals surface area (Å²) in [5.41, 5.74) is 2.03. The minimum atomic E-state index is -4.68. The number of benzene rings is 3. The van der Waals surface area contributed by atoms with Crippen molar-refractivity contribution in [1.29, 1.82) is 0 Å². The number of ether oxygens (including phenoxy) is 1. The van der Waals surface area contributed by atoms with Crippen molar-refractivity contribution in [2.75, 3.05) is 5.32 Å². The standard InChI is InChI=1S/C19H13F3NOS/c20-19(21,22)24-13-9-11-14(12-10-13)25-17-7-3-1-5-15(17)23-16-6-2-4-8-18(16)25/h1-12,23H/q+1. The van der Waals surface area contributed by atoms with Crippen molar-refractivity contribution in [3.05, 3.63) is 72.8 Å². The predicted octanol–water partition coefficient (Wildman–Crippen LogP) is 5.74. The lowest BCUT2D eigenvalue weighted by Gasteiger charge is -2.20. The first kappa shape index (κ1) is 15.9. The molecule has 0 aromatic heterocycles. The predicted molar refractivity (Wildman–Crippen MR) is 91.5 cm³/mol. The molecule has 0 radical (unpaired) electrons. The lowest BCUT2D eigenvalue weighted by Crippen LogP contribution is -2.17. The van der Waals surface area contributed by atoms with Gasteiger partial charge in [0.2, 0.25) is 0 Å². The molecule has 6 heteroatoms. The molecule has 0 atom stereocenters. The number of fused-ring (bicyclic) bond motifs is 2. The minimum Gasteiger partial charge on any atom is -0.406 e. The number of alkyl halides is 3. The molecule has 0 bridgehead atoms. The molecule has 1 N–H and O–H groups in total. The normalized spacial score (nSPS) is 13.6. The van der Waals surface area contributed by atoms with E-state index in [4.69, 9.17) is 0 Å². The van der Waals surface area contributed by atoms with Crippen LogP contribution < -0.4 is 10.1 Å². The molecule has 1 aliphatic rings. The molecule has 0 amide bonds. The van der Waals surface area contributed by atoms with Gasteiger partial charge in [0.15, 0.2) is 14.7 Å². The number of nitrogens with one attached hydrogen (secondary N) is 1. The van der Waals surface area contributed by atoms with Gasteiger partial charge in [0.1, 0.15) is 16.6 Å². The van der Waals surface area contributed by atoms with Crippen molar-refractivity contribution >= 4 is 22.3 Å². The summed E-state index contributed by atoms with van der Waals surface area (Å²) in [5, 5.41) is 3.42. The van der Waals surface area contributed by atoms with Crippen LogP contribution in [-0.4, -0.2) is 6.36 Å². The average Bonchev–Trinajstić information content (AvgIpc) is 2.59. The van der Waals surface area contributed by atoms with E-state index in [1.807, 2.05) is 48.5 Å². The fourth-order valence-corrected chi connectivity index (χ4v) is 5.05. The Kier molecular flexibility index (Phi) is 3.84. The number of para-hydroxylation sites is 2. The van der Waals surface area contributed by atoms with E-state index < -0.39 is 6.36 Å². The molecule has 4 rings (SSSR count). The molecule has 0 saturated heterocycles. The maximum Gasteiger partial charge on any atom is 0.573 e. The van der Waals surface area contributed by atoms with Gasteiger partial charge >= 0.3 is 6.36 Å². The van der Waals surface area contributed by atoms with Crippen LogP contribution in [0.2, 0.25) is 0 Å². The van der Waals surface area contributed by atoms with Crippen LogP contribution >= 0.6 is 0 Å². The highest BCUT2D eigenvalue weighted by Gasteiger charge is 2.37. The van der Waals surface area contributed by atoms with Crippen LogP contribution in [0, 0.1) is 0 Å². The number of hydrogen-bond acceptors (Lipinski definition) is 2. The van der Waals surface area contributed by atoms with Crippen molar-refractivity contribution in [2.45, 2.75) is 21.0 Å². The molecule has 1 heterocycles. The summed E-state index contributed by atoms with van der Waals surface area (Å²) >= 11 is 0. The Balaban J connectivity index is 1.77. The van der Waals surface area contributed by atoms with E-state index in [-0.39, 0.29) is 16.6 Å². The monoisotopic (exact) mass is 360 g/mol. The van der Waals surface area contributed by atoms with Gasteiger partial charge in [0.25, 0.3) is 0 Å². The minimum absolute atomic E-state index is 0.212. The third-order valence-electron chi connectivity index (χ3n) is 3.78. The van der Waals surface area contributed by atoms with Gasteiger partial charge < -0.3 is 10.1 Å². The Morgan fingerprint density at radius 2 is 1.24 bits per heavy atom. The van der Waals surface area contributed by atoms with E-state index in [0.717, 1.165) is 26.1 Å². The van der Waals surface area contributed by atoms with E-state index in [2.05, 4.69) is 10.1 Å². The second kappa shape index (κ2) is 6.04. The molecule has 0 spiro atoms. The van der Waals surface area contributed by atoms with Crippen LogP contribution in [-0.2, 0) is 10.9 Å². The Hall–Kier alpha value is -2.60. The van der Waals surface area contributed by atoms with Crippen LogP contribution in [0.1, 0.15) is 0 Å². The van der Waals surface area contributed by atoms with Gasteiger partial charge in [0, 0.05) is 0 Å². The van der Waals surface area contributed by atoms with Gasteiger partial charge in [-0.15, -0.1) is 13.2 Å². The van der Waals surface area contributed by atoms with Crippen LogP contribution in [0.25, 0.3) is 0 Å². The molecule has 0 saturated carbocycles. The molecule has 3 aromatic rings. The van der Waals surface area contributed by atoms with Crippen molar-refractivity contribution in [3.63, 3.8) is 0 Å². The maximum absolute atomic E-state index is 12.4. The summed E-state index contributed by atoms with van der Waals surface area (Å²) in [6.07, 6.45) is -4.68. The summed E-state index contributed by atoms with van der Waals surface area (Å²) in [6.45, 7) is 0. The van der Waals surface area contributed by atoms with Gasteiger partial charge in [-0.1, -0.05) is 24.3 Å². The lowest BCUT2D eigenvalue weighted by molar-refractivity contribution is -0.274. The second-order valence-corrected chi connectivity index (χ2v) is 7.41. The first-order chi connectivity index (χ1) is 12.0. The second-order valence-electron chi connectivity index (χ2n) is 5.44. The SMILES string of the molecule is FC(F)(F)Oc1ccc([S+]2c3ccccc3Nc3ccccc32)cc1. The molecule has 25 heavy (non-hydrogen) atoms. The zero-order chi connectivity index (χ0) is 17.4. The summed E-state index contributed by atoms with van der Waals surface area (Å²) < 4.78 is 41.1. The first-order valence-corrected chi connectivity index (χ1v) is 8.79. The molecule has 0 unspecified atom stereocenters. The first-order valence-electron chi connectivity index (χ1n) is 7.56. The lowest BCUT2D eigenvalue weighted by atomic mass is 10.2. The zero-order valence-corrected chi connectivity index (χ0v) is 13.7. The fraction of sp³-hybridized carbons (Fsp3) is 0.0526. The summed E-state index contributed by atoms with van der Waals surface area (Å²) in [4.78, 5) is 3.17. The van der Waals surface area contributed by atoms with Crippen LogP contribution in [0.3, 0.4) is 0 Å². The number of rotatable bonds is 2. The summed E-state index contributed by atoms with van der Waals surface area (Å²) in [5.74, 6) is -0.212. The number of anilines is 2. The number of halogens is 3. The van der Waals surface area contributed by atoms with Gasteiger partial charge in [-0.25, -0.2) is 0 Å². The average molecular weight is 360 g/mol. The Morgan fingerprint density at radius 3 is 1.76 bits per heavy atom. The summed E-state index contributed by atoms with van der Waals surface area (Å²) in [7, 11) is -0.389. The highest BCUT2D eigenvalue weighted by Crippen LogP contribution is 2.44. The van der Waals surface area contributed by atoms with Crippen molar-refractivity contribution in [3.8, 4) is 5.75 Å². The highest BCUT2D eigenvalue weighted by atomic mass is 32.2. The van der Waals surface area contributed by atoms with Crippen LogP contribution in [0.15, 0.2) is 87.5 Å². The van der Waals surface area contributed by atoms with E-state index in [0.29, 0.717) is 0 Å². The molecular weight excluding hydrogens is 347 g/mol. The van der Waals surface area contributed by atoms with E-state index >= 15 is 0 Å². The molecule has 0 aliphatic carbocycles. The van der Waals surface area contributed by atoms with Crippen molar-refractivity contribution in [2.24, 2.45) is 0 Å². The van der Waals surface area contributed by atoms with Crippen molar-refractivity contribution in [1.82, 2.24) is 0 Å². The summed E-state index contributed by atoms with van der Waals surface area (Å²) in [6, 6.07) is 22.1. The molecule has 1 aliphatic heterocycles. The van der Waals surface area contributed by atoms with Gasteiger partial charge in [-0.05, 0) is 48.5 Å². The van der Waals surface area contributed by atoms with Gasteiger partial charge in [0.05, 0.1) is 11.4 Å². The third-order valence-corrected chi connectivity index (χ3v) is 6.11. The van der Waals surface area contributed by atoms with Crippen LogP contribution in [0.4, 0.5) is 24.5 Å². The zero-order valence-electron chi connectivity index (χ0n) is 12.9. The van der Waals surface area contributed by atoms with E-state index in [1.165, 1.54) is 12.1 Å². The van der Waals surface area contributed by atoms with E-state index in [9.17, 15) is 13.2 Å². The van der Waals surface area contributed by atoms with Gasteiger partial charge in [-0.3, -0.25) is 0 Å². The highest BCUT2D eigenvalue weighted by molar-refractivity contribution is 7.97. The van der Waals surface area contributed by atoms with Gasteiger partial charge in [-0.2, -0.15) is 0 Å². The maximum atomic E-state index is 12.4. The topological polar surface area (TPSA) is 21.3 Å². The number of hydrogen-bond donors (Lipinski definition) is 1. The largest absolute Gasteiger partial charge is 0.573 e. The Bertz CT molecular complexity index is 864. The Labute approximate surface area is 145 Å². The molecule has 3 aromatic carbocycles.